The molecule has 0 aliphatic heterocycles. The van der Waals surface area contributed by atoms with Gasteiger partial charge in [0, 0.05) is 24.9 Å². The molecule has 2 atom stereocenters. The maximum absolute atomic E-state index is 4.26. The maximum atomic E-state index is 4.26. The van der Waals surface area contributed by atoms with Crippen molar-refractivity contribution in [1.29, 1.82) is 0 Å². The highest BCUT2D eigenvalue weighted by Gasteiger charge is 2.24. The minimum atomic E-state index is 0. The normalized spacial score (nSPS) is 24.3. The summed E-state index contributed by atoms with van der Waals surface area (Å²) in [5.74, 6) is 0.972. The van der Waals surface area contributed by atoms with Gasteiger partial charge in [0.25, 0.3) is 0 Å². The van der Waals surface area contributed by atoms with E-state index in [1.807, 2.05) is 18.8 Å². The van der Waals surface area contributed by atoms with Crippen LogP contribution in [0.15, 0.2) is 4.99 Å². The van der Waals surface area contributed by atoms with Gasteiger partial charge in [-0.25, -0.2) is 0 Å². The summed E-state index contributed by atoms with van der Waals surface area (Å²) >= 11 is 1.99. The molecule has 0 saturated heterocycles. The molecule has 102 valence electrons. The Hall–Kier alpha value is 0.350. The fourth-order valence-electron chi connectivity index (χ4n) is 2.06. The first kappa shape index (κ1) is 17.4. The molecule has 0 spiro atoms. The molecule has 2 N–H and O–H groups in total. The summed E-state index contributed by atoms with van der Waals surface area (Å²) in [7, 11) is 1.85. The van der Waals surface area contributed by atoms with E-state index in [9.17, 15) is 0 Å². The minimum Gasteiger partial charge on any atom is -0.356 e. The van der Waals surface area contributed by atoms with E-state index in [2.05, 4.69) is 28.8 Å². The SMILES string of the molecule is CCCCNC(=NC)NC1CCC(SC)C1.I. The first-order valence-electron chi connectivity index (χ1n) is 6.30. The number of halogens is 1. The Bertz CT molecular complexity index is 224. The van der Waals surface area contributed by atoms with Crippen LogP contribution in [0.25, 0.3) is 0 Å². The second-order valence-corrected chi connectivity index (χ2v) is 5.50. The number of nitrogens with zero attached hydrogens (tertiary/aromatic N) is 1. The molecule has 1 aliphatic carbocycles. The van der Waals surface area contributed by atoms with Crippen molar-refractivity contribution < 1.29 is 0 Å². The maximum Gasteiger partial charge on any atom is 0.191 e. The summed E-state index contributed by atoms with van der Waals surface area (Å²) < 4.78 is 0. The average molecular weight is 371 g/mol. The Morgan fingerprint density at radius 1 is 1.41 bits per heavy atom. The van der Waals surface area contributed by atoms with Gasteiger partial charge >= 0.3 is 0 Å². The zero-order chi connectivity index (χ0) is 11.8. The van der Waals surface area contributed by atoms with Crippen LogP contribution in [0, 0.1) is 0 Å². The molecule has 0 aromatic carbocycles. The monoisotopic (exact) mass is 371 g/mol. The summed E-state index contributed by atoms with van der Waals surface area (Å²) in [4.78, 5) is 4.26. The highest BCUT2D eigenvalue weighted by molar-refractivity contribution is 14.0. The van der Waals surface area contributed by atoms with E-state index in [4.69, 9.17) is 0 Å². The number of nitrogens with one attached hydrogen (secondary N) is 2. The van der Waals surface area contributed by atoms with E-state index in [1.165, 1.54) is 32.1 Å². The quantitative estimate of drug-likeness (QED) is 0.338. The van der Waals surface area contributed by atoms with Crippen molar-refractivity contribution in [3.8, 4) is 0 Å². The Balaban J connectivity index is 0.00000256. The zero-order valence-electron chi connectivity index (χ0n) is 11.2. The zero-order valence-corrected chi connectivity index (χ0v) is 14.3. The first-order chi connectivity index (χ1) is 7.80. The van der Waals surface area contributed by atoms with Gasteiger partial charge in [-0.15, -0.1) is 24.0 Å². The summed E-state index contributed by atoms with van der Waals surface area (Å²) in [5, 5.41) is 7.72. The van der Waals surface area contributed by atoms with Gasteiger partial charge in [-0.1, -0.05) is 13.3 Å². The van der Waals surface area contributed by atoms with Crippen LogP contribution in [0.4, 0.5) is 0 Å². The van der Waals surface area contributed by atoms with E-state index in [1.54, 1.807) is 0 Å². The van der Waals surface area contributed by atoms with E-state index in [-0.39, 0.29) is 24.0 Å². The molecule has 2 unspecified atom stereocenters. The predicted molar refractivity (Wildman–Crippen MR) is 89.8 cm³/mol. The smallest absolute Gasteiger partial charge is 0.191 e. The van der Waals surface area contributed by atoms with Gasteiger partial charge in [0.2, 0.25) is 0 Å². The lowest BCUT2D eigenvalue weighted by Crippen LogP contribution is -2.42. The highest BCUT2D eigenvalue weighted by Crippen LogP contribution is 2.27. The van der Waals surface area contributed by atoms with Crippen molar-refractivity contribution in [2.24, 2.45) is 4.99 Å². The third-order valence-corrected chi connectivity index (χ3v) is 4.20. The second-order valence-electron chi connectivity index (χ2n) is 4.36. The minimum absolute atomic E-state index is 0. The molecule has 17 heavy (non-hydrogen) atoms. The predicted octanol–water partition coefficient (Wildman–Crippen LogP) is 2.85. The summed E-state index contributed by atoms with van der Waals surface area (Å²) in [6.45, 7) is 3.23. The molecular weight excluding hydrogens is 345 g/mol. The van der Waals surface area contributed by atoms with Gasteiger partial charge in [-0.3, -0.25) is 4.99 Å². The van der Waals surface area contributed by atoms with Crippen LogP contribution in [0.1, 0.15) is 39.0 Å². The van der Waals surface area contributed by atoms with Gasteiger partial charge in [-0.2, -0.15) is 11.8 Å². The van der Waals surface area contributed by atoms with Crippen LogP contribution in [-0.4, -0.2) is 37.1 Å². The first-order valence-corrected chi connectivity index (χ1v) is 7.59. The van der Waals surface area contributed by atoms with Crippen LogP contribution in [0.2, 0.25) is 0 Å². The van der Waals surface area contributed by atoms with Gasteiger partial charge in [0.1, 0.15) is 0 Å². The highest BCUT2D eigenvalue weighted by atomic mass is 127. The van der Waals surface area contributed by atoms with Crippen LogP contribution >= 0.6 is 35.7 Å². The van der Waals surface area contributed by atoms with Crippen LogP contribution in [-0.2, 0) is 0 Å². The number of aliphatic imine (C=N–C) groups is 1. The summed E-state index contributed by atoms with van der Waals surface area (Å²) in [6, 6.07) is 0.616. The molecule has 1 saturated carbocycles. The number of hydrogen-bond donors (Lipinski definition) is 2. The molecule has 0 bridgehead atoms. The van der Waals surface area contributed by atoms with Crippen LogP contribution < -0.4 is 10.6 Å². The number of rotatable bonds is 5. The van der Waals surface area contributed by atoms with Crippen molar-refractivity contribution in [1.82, 2.24) is 10.6 Å². The lowest BCUT2D eigenvalue weighted by Gasteiger charge is -2.17. The van der Waals surface area contributed by atoms with Crippen molar-refractivity contribution in [2.75, 3.05) is 19.8 Å². The molecule has 0 heterocycles. The number of hydrogen-bond acceptors (Lipinski definition) is 2. The average Bonchev–Trinajstić information content (AvgIpc) is 2.75. The Morgan fingerprint density at radius 2 is 2.18 bits per heavy atom. The second kappa shape index (κ2) is 10.3. The molecule has 0 radical (unpaired) electrons. The Labute approximate surface area is 127 Å². The molecule has 1 rings (SSSR count). The number of guanidine groups is 1. The van der Waals surface area contributed by atoms with Gasteiger partial charge in [0.05, 0.1) is 0 Å². The van der Waals surface area contributed by atoms with Gasteiger partial charge in [-0.05, 0) is 31.9 Å². The molecule has 5 heteroatoms. The summed E-state index contributed by atoms with van der Waals surface area (Å²) in [5.41, 5.74) is 0. The van der Waals surface area contributed by atoms with Gasteiger partial charge in [0.15, 0.2) is 5.96 Å². The van der Waals surface area contributed by atoms with Crippen molar-refractivity contribution >= 4 is 41.7 Å². The molecule has 1 aliphatic rings. The van der Waals surface area contributed by atoms with Crippen molar-refractivity contribution in [3.63, 3.8) is 0 Å². The molecule has 3 nitrogen and oxygen atoms in total. The molecule has 0 aromatic rings. The third kappa shape index (κ3) is 6.74. The van der Waals surface area contributed by atoms with Crippen molar-refractivity contribution in [2.45, 2.75) is 50.3 Å². The lowest BCUT2D eigenvalue weighted by atomic mass is 10.2. The largest absolute Gasteiger partial charge is 0.356 e. The fourth-order valence-corrected chi connectivity index (χ4v) is 2.85. The molecule has 0 amide bonds. The van der Waals surface area contributed by atoms with E-state index >= 15 is 0 Å². The number of thioether (sulfide) groups is 1. The third-order valence-electron chi connectivity index (χ3n) is 3.11. The van der Waals surface area contributed by atoms with E-state index in [0.29, 0.717) is 6.04 Å². The topological polar surface area (TPSA) is 36.4 Å². The molecular formula is C12H26IN3S. The summed E-state index contributed by atoms with van der Waals surface area (Å²) in [6.07, 6.45) is 8.53. The molecule has 0 aromatic heterocycles. The van der Waals surface area contributed by atoms with E-state index in [0.717, 1.165) is 17.8 Å². The van der Waals surface area contributed by atoms with Gasteiger partial charge < -0.3 is 10.6 Å². The Morgan fingerprint density at radius 3 is 2.71 bits per heavy atom. The van der Waals surface area contributed by atoms with Crippen molar-refractivity contribution in [3.05, 3.63) is 0 Å². The standard InChI is InChI=1S/C12H25N3S.HI/c1-4-5-8-14-12(13-2)15-10-6-7-11(9-10)16-3;/h10-11H,4-9H2,1-3H3,(H2,13,14,15);1H. The fraction of sp³-hybridized carbons (Fsp3) is 0.917. The molecule has 1 fully saturated rings. The van der Waals surface area contributed by atoms with Crippen LogP contribution in [0.5, 0.6) is 0 Å². The van der Waals surface area contributed by atoms with Crippen LogP contribution in [0.3, 0.4) is 0 Å². The Kier molecular flexibility index (Phi) is 10.5. The lowest BCUT2D eigenvalue weighted by molar-refractivity contribution is 0.610. The van der Waals surface area contributed by atoms with E-state index < -0.39 is 0 Å². The number of unbranched alkanes of at least 4 members (excludes halogenated alkanes) is 1.